The van der Waals surface area contributed by atoms with Gasteiger partial charge in [0.2, 0.25) is 11.8 Å². The maximum absolute atomic E-state index is 12.5. The number of rotatable bonds is 5. The fourth-order valence-electron chi connectivity index (χ4n) is 2.11. The van der Waals surface area contributed by atoms with Crippen molar-refractivity contribution in [3.05, 3.63) is 29.7 Å². The zero-order valence-electron chi connectivity index (χ0n) is 14.8. The number of nitrogens with zero attached hydrogens (tertiary/aromatic N) is 4. The van der Waals surface area contributed by atoms with E-state index in [1.165, 1.54) is 0 Å². The predicted molar refractivity (Wildman–Crippen MR) is 91.8 cm³/mol. The number of amides is 1. The number of aryl methyl sites for hydroxylation is 1. The fourth-order valence-corrected chi connectivity index (χ4v) is 2.11. The molecule has 2 heterocycles. The van der Waals surface area contributed by atoms with Gasteiger partial charge >= 0.3 is 0 Å². The number of carbonyl (C=O) groups excluding carboxylic acids is 1. The van der Waals surface area contributed by atoms with Crippen molar-refractivity contribution in [1.29, 1.82) is 0 Å². The zero-order valence-corrected chi connectivity index (χ0v) is 15.6. The maximum Gasteiger partial charge on any atom is 0.248 e. The van der Waals surface area contributed by atoms with Gasteiger partial charge in [-0.25, -0.2) is 0 Å². The molecule has 0 saturated heterocycles. The number of aromatic nitrogens is 4. The van der Waals surface area contributed by atoms with Crippen molar-refractivity contribution in [2.75, 3.05) is 7.05 Å². The summed E-state index contributed by atoms with van der Waals surface area (Å²) in [7, 11) is 3.54. The van der Waals surface area contributed by atoms with Crippen LogP contribution in [0.3, 0.4) is 0 Å². The Morgan fingerprint density at radius 1 is 1.38 bits per heavy atom. The highest BCUT2D eigenvalue weighted by Crippen LogP contribution is 2.21. The zero-order chi connectivity index (χ0) is 17.2. The molecule has 0 aliphatic rings. The molecule has 0 aliphatic carbocycles. The molecular weight excluding hydrogens is 332 g/mol. The van der Waals surface area contributed by atoms with Gasteiger partial charge in [0, 0.05) is 24.2 Å². The molecule has 2 atom stereocenters. The Kier molecular flexibility index (Phi) is 6.50. The molecule has 0 aliphatic heterocycles. The molecule has 0 spiro atoms. The molecule has 0 saturated carbocycles. The average Bonchev–Trinajstić information content (AvgIpc) is 3.08. The summed E-state index contributed by atoms with van der Waals surface area (Å²) in [5.41, 5.74) is 0.593. The summed E-state index contributed by atoms with van der Waals surface area (Å²) in [6.45, 7) is 7.83. The van der Waals surface area contributed by atoms with Crippen LogP contribution in [0.25, 0.3) is 0 Å². The third-order valence-electron chi connectivity index (χ3n) is 3.45. The molecule has 2 aromatic heterocycles. The van der Waals surface area contributed by atoms with Crippen LogP contribution in [0.5, 0.6) is 0 Å². The topological polar surface area (TPSA) is 97.9 Å². The Balaban J connectivity index is 0.00000288. The second-order valence-electron chi connectivity index (χ2n) is 6.61. The van der Waals surface area contributed by atoms with Crippen LogP contribution >= 0.6 is 12.4 Å². The highest BCUT2D eigenvalue weighted by atomic mass is 35.5. The summed E-state index contributed by atoms with van der Waals surface area (Å²) in [6.07, 6.45) is 3.46. The lowest BCUT2D eigenvalue weighted by Gasteiger charge is -2.17. The Labute approximate surface area is 147 Å². The Morgan fingerprint density at radius 2 is 2.04 bits per heavy atom. The first-order chi connectivity index (χ1) is 10.7. The summed E-state index contributed by atoms with van der Waals surface area (Å²) in [4.78, 5) is 16.8. The molecule has 9 heteroatoms. The molecule has 0 radical (unpaired) electrons. The molecule has 8 nitrogen and oxygen atoms in total. The normalized spacial score (nSPS) is 13.9. The molecule has 1 amide bonds. The Bertz CT molecular complexity index is 676. The Hall–Kier alpha value is -1.93. The third kappa shape index (κ3) is 4.55. The van der Waals surface area contributed by atoms with E-state index in [1.807, 2.05) is 34.7 Å². The van der Waals surface area contributed by atoms with E-state index in [1.54, 1.807) is 24.1 Å². The molecule has 0 bridgehead atoms. The van der Waals surface area contributed by atoms with Crippen molar-refractivity contribution in [2.24, 2.45) is 7.05 Å². The molecule has 2 aromatic rings. The molecule has 2 rings (SSSR count). The summed E-state index contributed by atoms with van der Waals surface area (Å²) < 4.78 is 6.92. The minimum atomic E-state index is -0.490. The lowest BCUT2D eigenvalue weighted by molar-refractivity contribution is -0.124. The fraction of sp³-hybridized carbons (Fsp3) is 0.600. The summed E-state index contributed by atoms with van der Waals surface area (Å²) >= 11 is 0. The number of likely N-dealkylation sites (N-methyl/N-ethyl adjacent to an activating group) is 1. The van der Waals surface area contributed by atoms with Crippen LogP contribution in [-0.2, 0) is 17.3 Å². The number of hydrogen-bond acceptors (Lipinski definition) is 6. The van der Waals surface area contributed by atoms with Gasteiger partial charge in [-0.2, -0.15) is 10.1 Å². The van der Waals surface area contributed by atoms with Gasteiger partial charge in [0.1, 0.15) is 12.1 Å². The maximum atomic E-state index is 12.5. The molecule has 2 unspecified atom stereocenters. The standard InChI is InChI=1S/C15H24N6O2.ClH/c1-9(13-19-14(20-23-13)15(2,3)4)18-12(22)11(16-5)10-7-17-21(6)8-10;/h7-9,11,16H,1-6H3,(H,18,22);1H. The van der Waals surface area contributed by atoms with Gasteiger partial charge < -0.3 is 15.2 Å². The van der Waals surface area contributed by atoms with Gasteiger partial charge in [-0.1, -0.05) is 25.9 Å². The van der Waals surface area contributed by atoms with Crippen LogP contribution in [0.4, 0.5) is 0 Å². The van der Waals surface area contributed by atoms with Crippen LogP contribution in [0.1, 0.15) is 57.1 Å². The minimum Gasteiger partial charge on any atom is -0.343 e. The molecular formula is C15H25ClN6O2. The first-order valence-corrected chi connectivity index (χ1v) is 7.52. The number of nitrogens with one attached hydrogen (secondary N) is 2. The van der Waals surface area contributed by atoms with Crippen molar-refractivity contribution in [3.63, 3.8) is 0 Å². The van der Waals surface area contributed by atoms with E-state index in [9.17, 15) is 4.79 Å². The highest BCUT2D eigenvalue weighted by Gasteiger charge is 2.26. The molecule has 24 heavy (non-hydrogen) atoms. The first-order valence-electron chi connectivity index (χ1n) is 7.52. The molecule has 0 fully saturated rings. The third-order valence-corrected chi connectivity index (χ3v) is 3.45. The van der Waals surface area contributed by atoms with Crippen LogP contribution in [0, 0.1) is 0 Å². The van der Waals surface area contributed by atoms with Crippen molar-refractivity contribution in [2.45, 2.75) is 45.2 Å². The van der Waals surface area contributed by atoms with Crippen molar-refractivity contribution >= 4 is 18.3 Å². The quantitative estimate of drug-likeness (QED) is 0.845. The van der Waals surface area contributed by atoms with Crippen LogP contribution < -0.4 is 10.6 Å². The van der Waals surface area contributed by atoms with Crippen LogP contribution in [0.2, 0.25) is 0 Å². The second kappa shape index (κ2) is 7.76. The SMILES string of the molecule is CNC(C(=O)NC(C)c1nc(C(C)(C)C)no1)c1cnn(C)c1.Cl. The van der Waals surface area contributed by atoms with Crippen molar-refractivity contribution in [3.8, 4) is 0 Å². The van der Waals surface area contributed by atoms with Crippen molar-refractivity contribution < 1.29 is 9.32 Å². The van der Waals surface area contributed by atoms with Gasteiger partial charge in [-0.05, 0) is 14.0 Å². The average molecular weight is 357 g/mol. The van der Waals surface area contributed by atoms with E-state index in [0.29, 0.717) is 11.7 Å². The summed E-state index contributed by atoms with van der Waals surface area (Å²) in [5.74, 6) is 0.832. The number of hydrogen-bond donors (Lipinski definition) is 2. The summed E-state index contributed by atoms with van der Waals surface area (Å²) in [6, 6.07) is -0.866. The minimum absolute atomic E-state index is 0. The molecule has 2 N–H and O–H groups in total. The van der Waals surface area contributed by atoms with E-state index >= 15 is 0 Å². The highest BCUT2D eigenvalue weighted by molar-refractivity contribution is 5.85. The van der Waals surface area contributed by atoms with E-state index in [0.717, 1.165) is 5.56 Å². The van der Waals surface area contributed by atoms with Gasteiger partial charge in [0.15, 0.2) is 5.82 Å². The van der Waals surface area contributed by atoms with Crippen LogP contribution in [-0.4, -0.2) is 32.9 Å². The number of carbonyl (C=O) groups is 1. The van der Waals surface area contributed by atoms with Gasteiger partial charge in [-0.3, -0.25) is 9.48 Å². The summed E-state index contributed by atoms with van der Waals surface area (Å²) in [5, 5.41) is 13.9. The predicted octanol–water partition coefficient (Wildman–Crippen LogP) is 1.66. The first kappa shape index (κ1) is 20.1. The van der Waals surface area contributed by atoms with E-state index in [2.05, 4.69) is 25.9 Å². The monoisotopic (exact) mass is 356 g/mol. The van der Waals surface area contributed by atoms with Gasteiger partial charge in [0.05, 0.1) is 6.20 Å². The molecule has 0 aromatic carbocycles. The van der Waals surface area contributed by atoms with Gasteiger partial charge in [0.25, 0.3) is 0 Å². The smallest absolute Gasteiger partial charge is 0.248 e. The lowest BCUT2D eigenvalue weighted by Crippen LogP contribution is -2.37. The number of halogens is 1. The van der Waals surface area contributed by atoms with Crippen LogP contribution in [0.15, 0.2) is 16.9 Å². The van der Waals surface area contributed by atoms with E-state index in [-0.39, 0.29) is 29.8 Å². The van der Waals surface area contributed by atoms with Gasteiger partial charge in [-0.15, -0.1) is 12.4 Å². The Morgan fingerprint density at radius 3 is 2.50 bits per heavy atom. The largest absolute Gasteiger partial charge is 0.343 e. The van der Waals surface area contributed by atoms with E-state index < -0.39 is 6.04 Å². The molecule has 134 valence electrons. The van der Waals surface area contributed by atoms with Crippen molar-refractivity contribution in [1.82, 2.24) is 30.6 Å². The van der Waals surface area contributed by atoms with E-state index in [4.69, 9.17) is 4.52 Å². The lowest BCUT2D eigenvalue weighted by atomic mass is 9.96. The second-order valence-corrected chi connectivity index (χ2v) is 6.61.